The van der Waals surface area contributed by atoms with Crippen LogP contribution in [0.3, 0.4) is 0 Å². The van der Waals surface area contributed by atoms with Gasteiger partial charge in [0, 0.05) is 12.1 Å². The van der Waals surface area contributed by atoms with E-state index in [1.807, 2.05) is 0 Å². The number of amides is 1. The zero-order valence-electron chi connectivity index (χ0n) is 25.7. The monoisotopic (exact) mass is 709 g/mol. The molecule has 3 aliphatic heterocycles. The Balaban J connectivity index is 1.60. The number of hydrogen-bond acceptors (Lipinski definition) is 19. The number of aliphatic carboxylic acids is 1. The van der Waals surface area contributed by atoms with Crippen LogP contribution in [0.2, 0.25) is 0 Å². The van der Waals surface area contributed by atoms with Gasteiger partial charge in [0.15, 0.2) is 12.6 Å². The number of carbonyl (C=O) groups is 2. The minimum Gasteiger partial charge on any atom is -0.477 e. The Kier molecular flexibility index (Phi) is 12.9. The van der Waals surface area contributed by atoms with Crippen LogP contribution >= 0.6 is 0 Å². The van der Waals surface area contributed by atoms with Crippen LogP contribution in [0.15, 0.2) is 24.3 Å². The van der Waals surface area contributed by atoms with Gasteiger partial charge in [-0.1, -0.05) is 12.1 Å². The Labute approximate surface area is 277 Å². The number of benzene rings is 1. The van der Waals surface area contributed by atoms with Gasteiger partial charge in [0.25, 0.3) is 11.7 Å². The van der Waals surface area contributed by atoms with Crippen molar-refractivity contribution in [2.24, 2.45) is 5.73 Å². The van der Waals surface area contributed by atoms with Crippen molar-refractivity contribution in [2.75, 3.05) is 25.6 Å². The first kappa shape index (κ1) is 39.1. The number of ether oxygens (including phenoxy) is 5. The summed E-state index contributed by atoms with van der Waals surface area (Å²) >= 11 is 0. The number of carboxylic acids is 1. The maximum absolute atomic E-state index is 12.9. The van der Waals surface area contributed by atoms with E-state index in [0.29, 0.717) is 0 Å². The van der Waals surface area contributed by atoms with Gasteiger partial charge >= 0.3 is 5.97 Å². The van der Waals surface area contributed by atoms with E-state index < -0.39 is 136 Å². The number of nitrogen functional groups attached to an aromatic ring is 1. The van der Waals surface area contributed by atoms with Gasteiger partial charge in [-0.25, -0.2) is 4.79 Å². The molecule has 21 heteroatoms. The maximum atomic E-state index is 12.9. The lowest BCUT2D eigenvalue weighted by Gasteiger charge is -2.50. The zero-order valence-corrected chi connectivity index (χ0v) is 25.7. The fourth-order valence-corrected chi connectivity index (χ4v) is 5.88. The zero-order chi connectivity index (χ0) is 36.4. The smallest absolute Gasteiger partial charge is 0.364 e. The molecule has 0 unspecified atom stereocenters. The van der Waals surface area contributed by atoms with Crippen molar-refractivity contribution < 1.29 is 89.4 Å². The third-order valence-corrected chi connectivity index (χ3v) is 8.69. The molecule has 1 aromatic rings. The molecule has 3 fully saturated rings. The van der Waals surface area contributed by atoms with E-state index in [-0.39, 0.29) is 11.3 Å². The van der Waals surface area contributed by atoms with Crippen LogP contribution in [0.5, 0.6) is 0 Å². The van der Waals surface area contributed by atoms with Gasteiger partial charge in [0.2, 0.25) is 0 Å². The summed E-state index contributed by atoms with van der Waals surface area (Å²) in [7, 11) is 0. The topological polar surface area (TPSA) is 367 Å². The van der Waals surface area contributed by atoms with Crippen LogP contribution < -0.4 is 16.8 Å². The van der Waals surface area contributed by atoms with E-state index in [9.17, 15) is 65.8 Å². The summed E-state index contributed by atoms with van der Waals surface area (Å²) in [5, 5.41) is 117. The maximum Gasteiger partial charge on any atom is 0.364 e. The number of rotatable bonds is 12. The van der Waals surface area contributed by atoms with Crippen LogP contribution in [0, 0.1) is 0 Å². The van der Waals surface area contributed by atoms with E-state index in [1.54, 1.807) is 6.07 Å². The molecule has 0 aliphatic carbocycles. The van der Waals surface area contributed by atoms with E-state index >= 15 is 0 Å². The van der Waals surface area contributed by atoms with Crippen LogP contribution in [0.4, 0.5) is 5.69 Å². The van der Waals surface area contributed by atoms with Gasteiger partial charge < -0.3 is 96.6 Å². The molecule has 0 bridgehead atoms. The van der Waals surface area contributed by atoms with Gasteiger partial charge in [0.1, 0.15) is 67.1 Å². The van der Waals surface area contributed by atoms with Crippen molar-refractivity contribution in [2.45, 2.75) is 104 Å². The third-order valence-electron chi connectivity index (χ3n) is 8.69. The molecule has 1 aromatic carbocycles. The van der Waals surface area contributed by atoms with E-state index in [2.05, 4.69) is 5.32 Å². The Morgan fingerprint density at radius 3 is 2.20 bits per heavy atom. The normalized spacial score (nSPS) is 41.1. The average Bonchev–Trinajstić information content (AvgIpc) is 3.07. The Hall–Kier alpha value is -2.68. The number of aliphatic hydroxyl groups excluding tert-OH is 10. The van der Waals surface area contributed by atoms with Gasteiger partial charge in [0.05, 0.1) is 37.5 Å². The number of carbonyl (C=O) groups excluding carboxylic acids is 1. The molecule has 21 nitrogen and oxygen atoms in total. The molecule has 0 saturated carbocycles. The Morgan fingerprint density at radius 1 is 0.959 bits per heavy atom. The highest BCUT2D eigenvalue weighted by Crippen LogP contribution is 2.37. The van der Waals surface area contributed by atoms with Gasteiger partial charge in [-0.3, -0.25) is 4.79 Å². The van der Waals surface area contributed by atoms with E-state index in [1.165, 1.54) is 18.2 Å². The number of nitrogens with two attached hydrogens (primary N) is 2. The largest absolute Gasteiger partial charge is 0.477 e. The number of hydrogen-bond donors (Lipinski definition) is 14. The van der Waals surface area contributed by atoms with E-state index in [4.69, 9.17) is 35.2 Å². The first-order valence-electron chi connectivity index (χ1n) is 15.2. The van der Waals surface area contributed by atoms with E-state index in [0.717, 1.165) is 0 Å². The molecule has 1 amide bonds. The van der Waals surface area contributed by atoms with Crippen molar-refractivity contribution in [1.29, 1.82) is 0 Å². The molecular weight excluding hydrogens is 666 g/mol. The highest BCUT2D eigenvalue weighted by molar-refractivity contribution is 5.99. The van der Waals surface area contributed by atoms with Crippen LogP contribution in [-0.2, 0) is 28.5 Å². The van der Waals surface area contributed by atoms with Crippen molar-refractivity contribution in [3.8, 4) is 0 Å². The summed E-state index contributed by atoms with van der Waals surface area (Å²) in [6.07, 6.45) is -25.6. The molecule has 4 rings (SSSR count). The molecule has 49 heavy (non-hydrogen) atoms. The second-order valence-electron chi connectivity index (χ2n) is 11.9. The SMILES string of the molecule is Nc1ccccc1C(=O)N[C@@H]1[C@@H](O)[C@H](O[C@@H]2O[C@H](CO)[C@H](O)[C@H](O[C@]3(C(=O)O)C[C@H](O)[C@@H](N)[C@H]([C@H](O)[C@H](O)CO)O3)[C@H]2O)[C@@H](CO)O[C@H]1O. The van der Waals surface area contributed by atoms with Crippen molar-refractivity contribution >= 4 is 17.6 Å². The molecule has 16 atom stereocenters. The molecular formula is C28H43N3O18. The van der Waals surface area contributed by atoms with Crippen molar-refractivity contribution in [3.05, 3.63) is 29.8 Å². The third kappa shape index (κ3) is 7.97. The minimum atomic E-state index is -2.98. The molecule has 3 saturated heterocycles. The molecule has 3 heterocycles. The summed E-state index contributed by atoms with van der Waals surface area (Å²) in [4.78, 5) is 25.5. The Bertz CT molecular complexity index is 1280. The molecule has 0 aromatic heterocycles. The number of para-hydroxylation sites is 1. The first-order chi connectivity index (χ1) is 23.1. The molecule has 0 radical (unpaired) electrons. The second-order valence-corrected chi connectivity index (χ2v) is 11.9. The van der Waals surface area contributed by atoms with Crippen LogP contribution in [0.1, 0.15) is 16.8 Å². The fourth-order valence-electron chi connectivity index (χ4n) is 5.88. The standard InChI is InChI=1S/C28H43N3O18/c29-10-4-2-1-3-9(10)24(41)31-16-19(39)21(14(8-34)45-25(16)42)47-26-20(40)23(18(38)13(7-33)46-26)49-28(27(43)44)5-11(35)15(30)22(48-28)17(37)12(36)6-32/h1-4,11-23,25-26,32-40,42H,5-8,29-30H2,(H,31,41)(H,43,44)/t11-,12+,13+,14+,15+,16+,17+,18-,19+,20+,21+,22+,23-,25+,26-,28-/m0/s1. The average molecular weight is 710 g/mol. The van der Waals surface area contributed by atoms with Gasteiger partial charge in [-0.2, -0.15) is 0 Å². The summed E-state index contributed by atoms with van der Waals surface area (Å²) in [5.74, 6) is -5.76. The van der Waals surface area contributed by atoms with Gasteiger partial charge in [-0.05, 0) is 12.1 Å². The summed E-state index contributed by atoms with van der Waals surface area (Å²) in [6.45, 7) is -2.88. The number of carboxylic acid groups (broad SMARTS) is 1. The van der Waals surface area contributed by atoms with Crippen molar-refractivity contribution in [1.82, 2.24) is 5.32 Å². The molecule has 16 N–H and O–H groups in total. The second kappa shape index (κ2) is 16.1. The lowest BCUT2D eigenvalue weighted by atomic mass is 9.88. The highest BCUT2D eigenvalue weighted by Gasteiger charge is 2.59. The summed E-state index contributed by atoms with van der Waals surface area (Å²) in [6, 6.07) is 2.75. The number of nitrogens with one attached hydrogen (secondary N) is 1. The van der Waals surface area contributed by atoms with Crippen molar-refractivity contribution in [3.63, 3.8) is 0 Å². The first-order valence-corrected chi connectivity index (χ1v) is 15.2. The minimum absolute atomic E-state index is 0.0153. The summed E-state index contributed by atoms with van der Waals surface area (Å²) in [5.41, 5.74) is 11.8. The molecule has 0 spiro atoms. The lowest BCUT2D eigenvalue weighted by Crippen LogP contribution is -2.70. The van der Waals surface area contributed by atoms with Gasteiger partial charge in [-0.15, -0.1) is 0 Å². The highest BCUT2D eigenvalue weighted by atomic mass is 16.8. The quantitative estimate of drug-likeness (QED) is 0.0896. The lowest BCUT2D eigenvalue weighted by molar-refractivity contribution is -0.381. The van der Waals surface area contributed by atoms with Crippen LogP contribution in [-0.4, -0.2) is 185 Å². The number of aliphatic hydroxyl groups is 10. The summed E-state index contributed by atoms with van der Waals surface area (Å²) < 4.78 is 27.6. The molecule has 278 valence electrons. The predicted octanol–water partition coefficient (Wildman–Crippen LogP) is -7.38. The predicted molar refractivity (Wildman–Crippen MR) is 157 cm³/mol. The fraction of sp³-hybridized carbons (Fsp3) is 0.714. The number of anilines is 1. The van der Waals surface area contributed by atoms with Crippen LogP contribution in [0.25, 0.3) is 0 Å². The Morgan fingerprint density at radius 2 is 1.61 bits per heavy atom. The molecule has 3 aliphatic rings.